The van der Waals surface area contributed by atoms with Crippen molar-refractivity contribution in [3.63, 3.8) is 0 Å². The van der Waals surface area contributed by atoms with Gasteiger partial charge in [-0.3, -0.25) is 0 Å². The molecule has 0 amide bonds. The molecule has 0 aliphatic carbocycles. The lowest BCUT2D eigenvalue weighted by molar-refractivity contribution is -0.138. The van der Waals surface area contributed by atoms with Gasteiger partial charge >= 0.3 is 0 Å². The van der Waals surface area contributed by atoms with Gasteiger partial charge in [0.15, 0.2) is 5.79 Å². The Morgan fingerprint density at radius 2 is 2.30 bits per heavy atom. The maximum absolute atomic E-state index is 5.49. The fraction of sp³-hybridized carbons (Fsp3) is 1.00. The molecule has 1 atom stereocenters. The van der Waals surface area contributed by atoms with Gasteiger partial charge in [-0.15, -0.1) is 0 Å². The highest BCUT2D eigenvalue weighted by Gasteiger charge is 2.31. The lowest BCUT2D eigenvalue weighted by Gasteiger charge is -2.16. The summed E-state index contributed by atoms with van der Waals surface area (Å²) in [6.07, 6.45) is 1.10. The summed E-state index contributed by atoms with van der Waals surface area (Å²) in [7, 11) is 0. The second kappa shape index (κ2) is 2.86. The number of ether oxygens (including phenoxy) is 2. The Bertz CT molecular complexity index is 114. The molecule has 0 radical (unpaired) electrons. The van der Waals surface area contributed by atoms with Crippen molar-refractivity contribution in [3.8, 4) is 0 Å². The first-order valence-corrected chi connectivity index (χ1v) is 3.66. The van der Waals surface area contributed by atoms with Crippen LogP contribution in [0.1, 0.15) is 20.3 Å². The van der Waals surface area contributed by atoms with Gasteiger partial charge < -0.3 is 15.2 Å². The summed E-state index contributed by atoms with van der Waals surface area (Å²) in [6.45, 7) is 5.20. The third-order valence-electron chi connectivity index (χ3n) is 1.56. The van der Waals surface area contributed by atoms with Crippen molar-refractivity contribution in [2.75, 3.05) is 13.2 Å². The molecule has 2 N–H and O–H groups in total. The Morgan fingerprint density at radius 1 is 1.60 bits per heavy atom. The van der Waals surface area contributed by atoms with Gasteiger partial charge in [-0.05, 0) is 26.8 Å². The van der Waals surface area contributed by atoms with Crippen LogP contribution in [0.15, 0.2) is 0 Å². The van der Waals surface area contributed by atoms with E-state index >= 15 is 0 Å². The largest absolute Gasteiger partial charge is 0.348 e. The van der Waals surface area contributed by atoms with Crippen LogP contribution in [0.2, 0.25) is 0 Å². The molecule has 0 aromatic rings. The minimum absolute atomic E-state index is 0.208. The van der Waals surface area contributed by atoms with E-state index in [0.717, 1.165) is 6.42 Å². The quantitative estimate of drug-likeness (QED) is 0.615. The van der Waals surface area contributed by atoms with Crippen molar-refractivity contribution in [1.82, 2.24) is 0 Å². The normalized spacial score (nSPS) is 30.9. The molecule has 1 aliphatic heterocycles. The Kier molecular flexibility index (Phi) is 2.28. The minimum atomic E-state index is -0.389. The average Bonchev–Trinajstić information content (AvgIpc) is 2.12. The van der Waals surface area contributed by atoms with Crippen LogP contribution < -0.4 is 5.73 Å². The molecule has 1 heterocycles. The van der Waals surface area contributed by atoms with Gasteiger partial charge in [0, 0.05) is 0 Å². The summed E-state index contributed by atoms with van der Waals surface area (Å²) < 4.78 is 10.8. The number of nitrogens with two attached hydrogens (primary N) is 1. The van der Waals surface area contributed by atoms with Crippen molar-refractivity contribution in [2.45, 2.75) is 32.2 Å². The SMILES string of the molecule is CC1(C)OC[C@@H](CCN)O1. The van der Waals surface area contributed by atoms with Crippen LogP contribution in [0.4, 0.5) is 0 Å². The fourth-order valence-corrected chi connectivity index (χ4v) is 1.09. The number of rotatable bonds is 2. The van der Waals surface area contributed by atoms with Crippen molar-refractivity contribution < 1.29 is 9.47 Å². The zero-order valence-electron chi connectivity index (χ0n) is 6.59. The summed E-state index contributed by atoms with van der Waals surface area (Å²) in [4.78, 5) is 0. The molecule has 0 saturated carbocycles. The Balaban J connectivity index is 2.29. The first kappa shape index (κ1) is 7.98. The molecular formula is C7H15NO2. The molecule has 3 heteroatoms. The smallest absolute Gasteiger partial charge is 0.163 e. The van der Waals surface area contributed by atoms with E-state index < -0.39 is 0 Å². The molecule has 1 aliphatic rings. The Hall–Kier alpha value is -0.120. The molecule has 1 rings (SSSR count). The highest BCUT2D eigenvalue weighted by Crippen LogP contribution is 2.23. The second-order valence-electron chi connectivity index (χ2n) is 3.03. The fourth-order valence-electron chi connectivity index (χ4n) is 1.09. The van der Waals surface area contributed by atoms with Crippen LogP contribution in [0.3, 0.4) is 0 Å². The van der Waals surface area contributed by atoms with Gasteiger partial charge in [-0.1, -0.05) is 0 Å². The number of hydrogen-bond acceptors (Lipinski definition) is 3. The van der Waals surface area contributed by atoms with Crippen molar-refractivity contribution >= 4 is 0 Å². The van der Waals surface area contributed by atoms with E-state index in [-0.39, 0.29) is 11.9 Å². The molecule has 0 aromatic heterocycles. The summed E-state index contributed by atoms with van der Waals surface area (Å²) >= 11 is 0. The Labute approximate surface area is 61.5 Å². The molecule has 0 bridgehead atoms. The lowest BCUT2D eigenvalue weighted by Crippen LogP contribution is -2.22. The van der Waals surface area contributed by atoms with Gasteiger partial charge in [0.05, 0.1) is 12.7 Å². The third-order valence-corrected chi connectivity index (χ3v) is 1.56. The summed E-state index contributed by atoms with van der Waals surface area (Å²) in [5.41, 5.74) is 5.36. The van der Waals surface area contributed by atoms with Crippen LogP contribution in [-0.4, -0.2) is 25.0 Å². The van der Waals surface area contributed by atoms with Crippen LogP contribution in [0.25, 0.3) is 0 Å². The van der Waals surface area contributed by atoms with E-state index in [1.54, 1.807) is 0 Å². The van der Waals surface area contributed by atoms with Gasteiger partial charge in [0.2, 0.25) is 0 Å². The summed E-state index contributed by atoms with van der Waals surface area (Å²) in [5.74, 6) is -0.389. The van der Waals surface area contributed by atoms with E-state index in [2.05, 4.69) is 0 Å². The lowest BCUT2D eigenvalue weighted by atomic mass is 10.3. The monoisotopic (exact) mass is 145 g/mol. The maximum Gasteiger partial charge on any atom is 0.163 e. The highest BCUT2D eigenvalue weighted by molar-refractivity contribution is 4.70. The topological polar surface area (TPSA) is 44.5 Å². The molecule has 1 saturated heterocycles. The van der Waals surface area contributed by atoms with Crippen LogP contribution in [0.5, 0.6) is 0 Å². The molecule has 60 valence electrons. The van der Waals surface area contributed by atoms with E-state index in [1.165, 1.54) is 0 Å². The van der Waals surface area contributed by atoms with E-state index in [1.807, 2.05) is 13.8 Å². The standard InChI is InChI=1S/C7H15NO2/c1-7(2)9-5-6(10-7)3-4-8/h6H,3-5,8H2,1-2H3/t6-/m1/s1. The third kappa shape index (κ3) is 1.94. The molecule has 0 aromatic carbocycles. The van der Waals surface area contributed by atoms with Gasteiger partial charge in [0.25, 0.3) is 0 Å². The predicted molar refractivity (Wildman–Crippen MR) is 38.6 cm³/mol. The second-order valence-corrected chi connectivity index (χ2v) is 3.03. The maximum atomic E-state index is 5.49. The van der Waals surface area contributed by atoms with E-state index in [4.69, 9.17) is 15.2 Å². The molecule has 10 heavy (non-hydrogen) atoms. The first-order chi connectivity index (χ1) is 4.64. The Morgan fingerprint density at radius 3 is 2.70 bits per heavy atom. The molecular weight excluding hydrogens is 130 g/mol. The van der Waals surface area contributed by atoms with Gasteiger partial charge in [0.1, 0.15) is 0 Å². The molecule has 0 unspecified atom stereocenters. The summed E-state index contributed by atoms with van der Waals surface area (Å²) in [5, 5.41) is 0. The van der Waals surface area contributed by atoms with Crippen LogP contribution >= 0.6 is 0 Å². The first-order valence-electron chi connectivity index (χ1n) is 3.66. The molecule has 1 fully saturated rings. The van der Waals surface area contributed by atoms with Crippen molar-refractivity contribution in [3.05, 3.63) is 0 Å². The molecule has 0 spiro atoms. The highest BCUT2D eigenvalue weighted by atomic mass is 16.7. The average molecular weight is 145 g/mol. The number of hydrogen-bond donors (Lipinski definition) is 1. The van der Waals surface area contributed by atoms with Crippen LogP contribution in [-0.2, 0) is 9.47 Å². The van der Waals surface area contributed by atoms with Crippen molar-refractivity contribution in [1.29, 1.82) is 0 Å². The zero-order valence-corrected chi connectivity index (χ0v) is 6.59. The van der Waals surface area contributed by atoms with E-state index in [0.29, 0.717) is 13.2 Å². The van der Waals surface area contributed by atoms with E-state index in [9.17, 15) is 0 Å². The molecule has 3 nitrogen and oxygen atoms in total. The van der Waals surface area contributed by atoms with Crippen molar-refractivity contribution in [2.24, 2.45) is 5.73 Å². The van der Waals surface area contributed by atoms with Gasteiger partial charge in [-0.2, -0.15) is 0 Å². The zero-order chi connectivity index (χ0) is 7.61. The minimum Gasteiger partial charge on any atom is -0.348 e. The van der Waals surface area contributed by atoms with Gasteiger partial charge in [-0.25, -0.2) is 0 Å². The van der Waals surface area contributed by atoms with Crippen LogP contribution in [0, 0.1) is 0 Å². The predicted octanol–water partition coefficient (Wildman–Crippen LogP) is 0.487. The summed E-state index contributed by atoms with van der Waals surface area (Å²) in [6, 6.07) is 0.